The Hall–Kier alpha value is -1.89. The van der Waals surface area contributed by atoms with Crippen molar-refractivity contribution in [2.45, 2.75) is 31.7 Å². The van der Waals surface area contributed by atoms with Gasteiger partial charge >= 0.3 is 5.69 Å². The highest BCUT2D eigenvalue weighted by Crippen LogP contribution is 2.35. The Kier molecular flexibility index (Phi) is 4.06. The second kappa shape index (κ2) is 6.12. The first-order chi connectivity index (χ1) is 11.9. The molecule has 7 nitrogen and oxygen atoms in total. The monoisotopic (exact) mass is 346 g/mol. The minimum absolute atomic E-state index is 0.192. The van der Waals surface area contributed by atoms with E-state index in [4.69, 9.17) is 0 Å². The molecule has 7 heteroatoms. The van der Waals surface area contributed by atoms with Crippen molar-refractivity contribution in [1.29, 1.82) is 0 Å². The molecule has 0 unspecified atom stereocenters. The summed E-state index contributed by atoms with van der Waals surface area (Å²) in [6, 6.07) is 1.70. The van der Waals surface area contributed by atoms with Crippen molar-refractivity contribution < 1.29 is 4.79 Å². The van der Waals surface area contributed by atoms with Gasteiger partial charge in [-0.3, -0.25) is 23.6 Å². The smallest absolute Gasteiger partial charge is 0.331 e. The predicted octanol–water partition coefficient (Wildman–Crippen LogP) is 0.0304. The predicted molar refractivity (Wildman–Crippen MR) is 93.6 cm³/mol. The molecule has 4 heterocycles. The Morgan fingerprint density at radius 1 is 1.04 bits per heavy atom. The second-order valence-electron chi connectivity index (χ2n) is 7.97. The Morgan fingerprint density at radius 2 is 1.80 bits per heavy atom. The molecule has 1 amide bonds. The van der Waals surface area contributed by atoms with Gasteiger partial charge in [-0.25, -0.2) is 4.79 Å². The number of nitrogens with zero attached hydrogens (tertiary/aromatic N) is 4. The molecule has 0 aromatic carbocycles. The molecule has 0 radical (unpaired) electrons. The summed E-state index contributed by atoms with van der Waals surface area (Å²) in [5.74, 6) is 1.15. The van der Waals surface area contributed by atoms with Gasteiger partial charge < -0.3 is 4.90 Å². The number of amides is 1. The largest absolute Gasteiger partial charge is 0.335 e. The number of aromatic nitrogens is 2. The highest BCUT2D eigenvalue weighted by molar-refractivity contribution is 5.92. The molecule has 1 aliphatic carbocycles. The van der Waals surface area contributed by atoms with Crippen LogP contribution in [0.5, 0.6) is 0 Å². The highest BCUT2D eigenvalue weighted by atomic mass is 16.2. The molecule has 4 fully saturated rings. The fraction of sp³-hybridized carbons (Fsp3) is 0.722. The molecule has 2 atom stereocenters. The Balaban J connectivity index is 1.59. The zero-order chi connectivity index (χ0) is 17.7. The number of piperidine rings is 1. The Morgan fingerprint density at radius 3 is 2.52 bits per heavy atom. The lowest BCUT2D eigenvalue weighted by atomic mass is 9.95. The molecule has 25 heavy (non-hydrogen) atoms. The number of hydrogen-bond donors (Lipinski definition) is 0. The Bertz CT molecular complexity index is 808. The first kappa shape index (κ1) is 16.6. The van der Waals surface area contributed by atoms with E-state index in [1.165, 1.54) is 30.5 Å². The van der Waals surface area contributed by atoms with E-state index < -0.39 is 11.2 Å². The summed E-state index contributed by atoms with van der Waals surface area (Å²) in [5.41, 5.74) is -0.688. The van der Waals surface area contributed by atoms with Crippen LogP contribution in [0.15, 0.2) is 15.7 Å². The summed E-state index contributed by atoms with van der Waals surface area (Å²) >= 11 is 0. The minimum Gasteiger partial charge on any atom is -0.335 e. The molecule has 3 aliphatic heterocycles. The molecule has 0 spiro atoms. The van der Waals surface area contributed by atoms with Gasteiger partial charge in [-0.2, -0.15) is 0 Å². The number of fused-ring (bicyclic) bond motifs is 4. The first-order valence-corrected chi connectivity index (χ1v) is 9.24. The molecule has 3 saturated heterocycles. The average molecular weight is 346 g/mol. The normalized spacial score (nSPS) is 26.7. The van der Waals surface area contributed by atoms with E-state index in [2.05, 4.69) is 4.90 Å². The summed E-state index contributed by atoms with van der Waals surface area (Å²) in [4.78, 5) is 41.6. The van der Waals surface area contributed by atoms with Gasteiger partial charge in [0.2, 0.25) is 0 Å². The lowest BCUT2D eigenvalue weighted by molar-refractivity contribution is 0.0725. The van der Waals surface area contributed by atoms with Crippen LogP contribution in [0.4, 0.5) is 0 Å². The summed E-state index contributed by atoms with van der Waals surface area (Å²) < 4.78 is 2.32. The van der Waals surface area contributed by atoms with E-state index in [0.29, 0.717) is 18.5 Å². The van der Waals surface area contributed by atoms with Crippen LogP contribution in [0.3, 0.4) is 0 Å². The molecule has 136 valence electrons. The van der Waals surface area contributed by atoms with Gasteiger partial charge in [-0.05, 0) is 37.5 Å². The van der Waals surface area contributed by atoms with Crippen LogP contribution in [0.1, 0.15) is 36.2 Å². The van der Waals surface area contributed by atoms with E-state index in [1.807, 2.05) is 4.90 Å². The molecule has 5 rings (SSSR count). The first-order valence-electron chi connectivity index (χ1n) is 9.24. The van der Waals surface area contributed by atoms with Crippen LogP contribution in [0.25, 0.3) is 0 Å². The highest BCUT2D eigenvalue weighted by Gasteiger charge is 2.39. The molecule has 1 aromatic rings. The molecule has 1 aromatic heterocycles. The quantitative estimate of drug-likeness (QED) is 0.774. The number of rotatable bonds is 3. The van der Waals surface area contributed by atoms with Crippen molar-refractivity contribution in [2.24, 2.45) is 25.9 Å². The SMILES string of the molecule is Cn1c(C(=O)N2C[C@H]3CC[C@@H](C2)N(CC2CC2)C3)cc(=O)n(C)c1=O. The van der Waals surface area contributed by atoms with Crippen LogP contribution in [-0.2, 0) is 14.1 Å². The van der Waals surface area contributed by atoms with Crippen molar-refractivity contribution in [3.05, 3.63) is 32.6 Å². The average Bonchev–Trinajstić information content (AvgIpc) is 3.43. The van der Waals surface area contributed by atoms with Gasteiger partial charge in [0.05, 0.1) is 0 Å². The number of hydrogen-bond acceptors (Lipinski definition) is 4. The molecule has 0 N–H and O–H groups in total. The maximum Gasteiger partial charge on any atom is 0.331 e. The van der Waals surface area contributed by atoms with E-state index >= 15 is 0 Å². The van der Waals surface area contributed by atoms with E-state index in [0.717, 1.165) is 43.0 Å². The zero-order valence-electron chi connectivity index (χ0n) is 15.0. The van der Waals surface area contributed by atoms with Crippen molar-refractivity contribution in [2.75, 3.05) is 26.2 Å². The van der Waals surface area contributed by atoms with Crippen molar-refractivity contribution in [3.8, 4) is 0 Å². The third-order valence-corrected chi connectivity index (χ3v) is 6.05. The standard InChI is InChI=1S/C18H26N4O3/c1-19-15(7-16(23)20(2)18(19)25)17(24)22-10-13-5-6-14(11-22)21(9-13)8-12-3-4-12/h7,12-14H,3-6,8-11H2,1-2H3/t13-,14-/m0/s1. The summed E-state index contributed by atoms with van der Waals surface area (Å²) in [7, 11) is 2.99. The molecule has 4 aliphatic rings. The second-order valence-corrected chi connectivity index (χ2v) is 7.97. The lowest BCUT2D eigenvalue weighted by Gasteiger charge is -2.36. The maximum absolute atomic E-state index is 13.0. The van der Waals surface area contributed by atoms with Crippen LogP contribution >= 0.6 is 0 Å². The zero-order valence-corrected chi connectivity index (χ0v) is 15.0. The van der Waals surface area contributed by atoms with E-state index in [-0.39, 0.29) is 11.6 Å². The fourth-order valence-corrected chi connectivity index (χ4v) is 4.30. The van der Waals surface area contributed by atoms with Gasteiger partial charge in [0, 0.05) is 52.4 Å². The van der Waals surface area contributed by atoms with Gasteiger partial charge in [0.1, 0.15) is 5.69 Å². The van der Waals surface area contributed by atoms with E-state index in [9.17, 15) is 14.4 Å². The van der Waals surface area contributed by atoms with Gasteiger partial charge in [-0.15, -0.1) is 0 Å². The summed E-state index contributed by atoms with van der Waals surface area (Å²) in [5, 5.41) is 0. The van der Waals surface area contributed by atoms with Crippen molar-refractivity contribution in [1.82, 2.24) is 18.9 Å². The molecule has 1 saturated carbocycles. The van der Waals surface area contributed by atoms with Crippen LogP contribution in [0.2, 0.25) is 0 Å². The fourth-order valence-electron chi connectivity index (χ4n) is 4.30. The van der Waals surface area contributed by atoms with E-state index in [1.54, 1.807) is 7.05 Å². The summed E-state index contributed by atoms with van der Waals surface area (Å²) in [6.07, 6.45) is 4.97. The summed E-state index contributed by atoms with van der Waals surface area (Å²) in [6.45, 7) is 3.65. The van der Waals surface area contributed by atoms with Gasteiger partial charge in [-0.1, -0.05) is 0 Å². The minimum atomic E-state index is -0.455. The number of carbonyl (C=O) groups is 1. The van der Waals surface area contributed by atoms with Crippen molar-refractivity contribution in [3.63, 3.8) is 0 Å². The lowest BCUT2D eigenvalue weighted by Crippen LogP contribution is -2.46. The third kappa shape index (κ3) is 3.05. The van der Waals surface area contributed by atoms with Crippen LogP contribution < -0.4 is 11.2 Å². The van der Waals surface area contributed by atoms with Crippen LogP contribution in [0, 0.1) is 11.8 Å². The van der Waals surface area contributed by atoms with Crippen LogP contribution in [-0.4, -0.2) is 57.1 Å². The molecule has 2 bridgehead atoms. The number of carbonyl (C=O) groups excluding carboxylic acids is 1. The van der Waals surface area contributed by atoms with Gasteiger partial charge in [0.25, 0.3) is 11.5 Å². The third-order valence-electron chi connectivity index (χ3n) is 6.05. The van der Waals surface area contributed by atoms with Crippen molar-refractivity contribution >= 4 is 5.91 Å². The van der Waals surface area contributed by atoms with Gasteiger partial charge in [0.15, 0.2) is 0 Å². The maximum atomic E-state index is 13.0. The Labute approximate surface area is 146 Å². The molecular formula is C18H26N4O3. The molecular weight excluding hydrogens is 320 g/mol. The topological polar surface area (TPSA) is 67.6 Å².